The van der Waals surface area contributed by atoms with E-state index in [-0.39, 0.29) is 18.1 Å². The zero-order valence-electron chi connectivity index (χ0n) is 18.8. The molecule has 0 bridgehead atoms. The summed E-state index contributed by atoms with van der Waals surface area (Å²) in [4.78, 5) is 24.6. The van der Waals surface area contributed by atoms with Crippen LogP contribution in [0.1, 0.15) is 45.5 Å². The molecule has 0 aliphatic heterocycles. The summed E-state index contributed by atoms with van der Waals surface area (Å²) in [6.07, 6.45) is -0.00637. The monoisotopic (exact) mass is 439 g/mol. The van der Waals surface area contributed by atoms with Gasteiger partial charge in [-0.25, -0.2) is 0 Å². The lowest BCUT2D eigenvalue weighted by atomic mass is 9.88. The average Bonchev–Trinajstić information content (AvgIpc) is 3.05. The van der Waals surface area contributed by atoms with Crippen molar-refractivity contribution in [3.8, 4) is 5.69 Å². The number of Topliss-reactive ketones (excluding diaryl/α,β-unsaturated/α-hetero) is 1. The van der Waals surface area contributed by atoms with Crippen LogP contribution in [-0.2, 0) is 9.59 Å². The second-order valence-electron chi connectivity index (χ2n) is 8.74. The summed E-state index contributed by atoms with van der Waals surface area (Å²) in [5.41, 5.74) is 2.14. The molecule has 0 saturated heterocycles. The topological polar surface area (TPSA) is 85.1 Å². The van der Waals surface area contributed by atoms with Crippen molar-refractivity contribution in [1.82, 2.24) is 14.8 Å². The van der Waals surface area contributed by atoms with Crippen LogP contribution in [0.25, 0.3) is 16.5 Å². The number of hydrogen-bond acceptors (Lipinski definition) is 5. The average molecular weight is 440 g/mol. The van der Waals surface area contributed by atoms with Crippen molar-refractivity contribution in [1.29, 1.82) is 0 Å². The third-order valence-electron chi connectivity index (χ3n) is 5.70. The first-order chi connectivity index (χ1) is 14.5. The molecule has 0 radical (unpaired) electrons. The van der Waals surface area contributed by atoms with Crippen LogP contribution in [0.15, 0.2) is 41.6 Å². The van der Waals surface area contributed by atoms with Gasteiger partial charge >= 0.3 is 5.97 Å². The van der Waals surface area contributed by atoms with Crippen LogP contribution in [0, 0.1) is 25.7 Å². The van der Waals surface area contributed by atoms with Crippen molar-refractivity contribution in [2.75, 3.05) is 0 Å². The van der Waals surface area contributed by atoms with Crippen molar-refractivity contribution in [3.63, 3.8) is 0 Å². The number of aromatic nitrogens is 3. The summed E-state index contributed by atoms with van der Waals surface area (Å²) in [5.74, 6) is -1.14. The van der Waals surface area contributed by atoms with E-state index in [0.29, 0.717) is 5.16 Å². The Hall–Kier alpha value is -2.67. The highest BCUT2D eigenvalue weighted by molar-refractivity contribution is 8.01. The van der Waals surface area contributed by atoms with Gasteiger partial charge in [0.15, 0.2) is 5.16 Å². The van der Waals surface area contributed by atoms with E-state index in [4.69, 9.17) is 0 Å². The molecule has 164 valence electrons. The van der Waals surface area contributed by atoms with E-state index in [1.54, 1.807) is 0 Å². The first-order valence-corrected chi connectivity index (χ1v) is 11.2. The standard InChI is InChI=1S/C24H29N3O3S/c1-14(2)19(22(29)30)13-21(28)24(5,6)31-23-26-25-16(4)27(23)20-12-11-15(3)17-9-7-8-10-18(17)20/h7-12,14,19H,13H2,1-6H3,(H,29,30). The molecule has 0 spiro atoms. The predicted octanol–water partition coefficient (Wildman–Crippen LogP) is 5.22. The fourth-order valence-electron chi connectivity index (χ4n) is 3.65. The van der Waals surface area contributed by atoms with Crippen molar-refractivity contribution < 1.29 is 14.7 Å². The number of fused-ring (bicyclic) bond motifs is 1. The lowest BCUT2D eigenvalue weighted by Crippen LogP contribution is -2.33. The number of carbonyl (C=O) groups excluding carboxylic acids is 1. The van der Waals surface area contributed by atoms with Gasteiger partial charge in [0, 0.05) is 11.8 Å². The Morgan fingerprint density at radius 1 is 1.06 bits per heavy atom. The first kappa shape index (κ1) is 23.0. The smallest absolute Gasteiger partial charge is 0.307 e. The summed E-state index contributed by atoms with van der Waals surface area (Å²) in [6, 6.07) is 12.3. The van der Waals surface area contributed by atoms with Crippen LogP contribution in [-0.4, -0.2) is 36.4 Å². The van der Waals surface area contributed by atoms with Crippen molar-refractivity contribution in [2.24, 2.45) is 11.8 Å². The maximum absolute atomic E-state index is 13.1. The van der Waals surface area contributed by atoms with Crippen LogP contribution >= 0.6 is 11.8 Å². The maximum atomic E-state index is 13.1. The normalized spacial score (nSPS) is 13.0. The lowest BCUT2D eigenvalue weighted by Gasteiger charge is -2.25. The highest BCUT2D eigenvalue weighted by Gasteiger charge is 2.35. The molecular formula is C24H29N3O3S. The molecule has 1 heterocycles. The number of aryl methyl sites for hydroxylation is 2. The molecule has 31 heavy (non-hydrogen) atoms. The number of nitrogens with zero attached hydrogens (tertiary/aromatic N) is 3. The summed E-state index contributed by atoms with van der Waals surface area (Å²) < 4.78 is 1.12. The van der Waals surface area contributed by atoms with Crippen LogP contribution in [0.5, 0.6) is 0 Å². The fraction of sp³-hybridized carbons (Fsp3) is 0.417. The molecule has 3 rings (SSSR count). The van der Waals surface area contributed by atoms with E-state index >= 15 is 0 Å². The Morgan fingerprint density at radius 2 is 1.71 bits per heavy atom. The second-order valence-corrected chi connectivity index (χ2v) is 10.3. The van der Waals surface area contributed by atoms with Gasteiger partial charge in [0.1, 0.15) is 11.6 Å². The fourth-order valence-corrected chi connectivity index (χ4v) is 4.71. The van der Waals surface area contributed by atoms with E-state index in [9.17, 15) is 14.7 Å². The molecule has 0 aliphatic rings. The SMILES string of the molecule is Cc1ccc(-n2c(C)nnc2SC(C)(C)C(=O)CC(C(=O)O)C(C)C)c2ccccc12. The van der Waals surface area contributed by atoms with Crippen molar-refractivity contribution in [2.45, 2.75) is 57.9 Å². The Bertz CT molecular complexity index is 1130. The van der Waals surface area contributed by atoms with Gasteiger partial charge in [-0.15, -0.1) is 10.2 Å². The Morgan fingerprint density at radius 3 is 2.32 bits per heavy atom. The van der Waals surface area contributed by atoms with Crippen molar-refractivity contribution in [3.05, 3.63) is 47.8 Å². The molecule has 1 unspecified atom stereocenters. The summed E-state index contributed by atoms with van der Waals surface area (Å²) >= 11 is 1.32. The molecule has 0 fully saturated rings. The third-order valence-corrected chi connectivity index (χ3v) is 6.89. The highest BCUT2D eigenvalue weighted by atomic mass is 32.2. The van der Waals surface area contributed by atoms with E-state index in [2.05, 4.69) is 35.3 Å². The first-order valence-electron chi connectivity index (χ1n) is 10.4. The number of thioether (sulfide) groups is 1. The van der Waals surface area contributed by atoms with Gasteiger partial charge in [-0.3, -0.25) is 14.2 Å². The second kappa shape index (κ2) is 8.83. The minimum Gasteiger partial charge on any atom is -0.481 e. The molecule has 2 aromatic carbocycles. The number of benzene rings is 2. The third kappa shape index (κ3) is 4.66. The van der Waals surface area contributed by atoms with Crippen LogP contribution < -0.4 is 0 Å². The number of carboxylic acids is 1. The number of aliphatic carboxylic acids is 1. The van der Waals surface area contributed by atoms with Gasteiger partial charge in [-0.1, -0.05) is 55.9 Å². The molecule has 1 N–H and O–H groups in total. The molecular weight excluding hydrogens is 410 g/mol. The maximum Gasteiger partial charge on any atom is 0.307 e. The minimum atomic E-state index is -0.936. The highest BCUT2D eigenvalue weighted by Crippen LogP contribution is 2.37. The van der Waals surface area contributed by atoms with Crippen LogP contribution in [0.4, 0.5) is 0 Å². The number of carboxylic acid groups (broad SMARTS) is 1. The molecule has 0 aliphatic carbocycles. The van der Waals surface area contributed by atoms with Gasteiger partial charge in [-0.05, 0) is 50.6 Å². The van der Waals surface area contributed by atoms with Gasteiger partial charge in [-0.2, -0.15) is 0 Å². The Kier molecular flexibility index (Phi) is 6.55. The predicted molar refractivity (Wildman–Crippen MR) is 124 cm³/mol. The molecule has 0 saturated carbocycles. The van der Waals surface area contributed by atoms with Crippen LogP contribution in [0.3, 0.4) is 0 Å². The molecule has 6 nitrogen and oxygen atoms in total. The summed E-state index contributed by atoms with van der Waals surface area (Å²) in [7, 11) is 0. The Balaban J connectivity index is 1.98. The largest absolute Gasteiger partial charge is 0.481 e. The van der Waals surface area contributed by atoms with Gasteiger partial charge in [0.2, 0.25) is 0 Å². The zero-order valence-corrected chi connectivity index (χ0v) is 19.7. The molecule has 0 amide bonds. The van der Waals surface area contributed by atoms with E-state index in [0.717, 1.165) is 22.3 Å². The molecule has 1 aromatic heterocycles. The van der Waals surface area contributed by atoms with Crippen LogP contribution in [0.2, 0.25) is 0 Å². The van der Waals surface area contributed by atoms with Gasteiger partial charge in [0.05, 0.1) is 16.4 Å². The summed E-state index contributed by atoms with van der Waals surface area (Å²) in [5, 5.41) is 20.9. The number of ketones is 1. The summed E-state index contributed by atoms with van der Waals surface area (Å²) in [6.45, 7) is 11.3. The number of hydrogen-bond donors (Lipinski definition) is 1. The van der Waals surface area contributed by atoms with E-state index in [1.807, 2.05) is 57.4 Å². The number of rotatable bonds is 8. The number of carbonyl (C=O) groups is 2. The van der Waals surface area contributed by atoms with Gasteiger partial charge < -0.3 is 5.11 Å². The zero-order chi connectivity index (χ0) is 22.9. The van der Waals surface area contributed by atoms with Crippen molar-refractivity contribution >= 4 is 34.3 Å². The van der Waals surface area contributed by atoms with Gasteiger partial charge in [0.25, 0.3) is 0 Å². The van der Waals surface area contributed by atoms with E-state index in [1.165, 1.54) is 17.3 Å². The lowest BCUT2D eigenvalue weighted by molar-refractivity contribution is -0.145. The molecule has 1 atom stereocenters. The minimum absolute atomic E-state index is 0.00637. The molecule has 3 aromatic rings. The Labute approximate surface area is 187 Å². The quantitative estimate of drug-likeness (QED) is 0.484. The molecule has 7 heteroatoms. The van der Waals surface area contributed by atoms with E-state index < -0.39 is 16.6 Å².